The van der Waals surface area contributed by atoms with E-state index < -0.39 is 35.1 Å². The van der Waals surface area contributed by atoms with E-state index >= 15 is 0 Å². The summed E-state index contributed by atoms with van der Waals surface area (Å²) in [6, 6.07) is 9.74. The molecule has 12 heteroatoms. The van der Waals surface area contributed by atoms with Crippen LogP contribution in [0.2, 0.25) is 0 Å². The van der Waals surface area contributed by atoms with Crippen LogP contribution in [-0.2, 0) is 6.18 Å². The molecular weight excluding hydrogens is 567 g/mol. The number of nitrogens with one attached hydrogen (secondary N) is 1. The minimum atomic E-state index is -4.81. The molecular formula is C20H9Br2F5N4O. The second kappa shape index (κ2) is 8.24. The number of fused-ring (bicyclic) bond motifs is 1. The second-order valence-corrected chi connectivity index (χ2v) is 8.22. The van der Waals surface area contributed by atoms with E-state index in [1.807, 2.05) is 0 Å². The lowest BCUT2D eigenvalue weighted by atomic mass is 10.1. The quantitative estimate of drug-likeness (QED) is 0.285. The van der Waals surface area contributed by atoms with E-state index in [0.717, 1.165) is 22.7 Å². The summed E-state index contributed by atoms with van der Waals surface area (Å²) >= 11 is 6.34. The molecule has 0 bridgehead atoms. The highest BCUT2D eigenvalue weighted by Crippen LogP contribution is 2.35. The fraction of sp³-hybridized carbons (Fsp3) is 0.0500. The van der Waals surface area contributed by atoms with Gasteiger partial charge in [-0.25, -0.2) is 18.3 Å². The van der Waals surface area contributed by atoms with Crippen molar-refractivity contribution in [1.82, 2.24) is 14.6 Å². The molecule has 5 nitrogen and oxygen atoms in total. The summed E-state index contributed by atoms with van der Waals surface area (Å²) in [5, 5.41) is 5.91. The first-order chi connectivity index (χ1) is 15.0. The van der Waals surface area contributed by atoms with Crippen molar-refractivity contribution in [2.24, 2.45) is 0 Å². The van der Waals surface area contributed by atoms with Crippen molar-refractivity contribution in [2.45, 2.75) is 6.18 Å². The maximum Gasteiger partial charge on any atom is 0.433 e. The van der Waals surface area contributed by atoms with Gasteiger partial charge in [-0.3, -0.25) is 4.79 Å². The molecule has 0 saturated carbocycles. The number of carbonyl (C=O) groups is 1. The highest BCUT2D eigenvalue weighted by molar-refractivity contribution is 9.11. The Balaban J connectivity index is 1.84. The average molecular weight is 576 g/mol. The van der Waals surface area contributed by atoms with Crippen LogP contribution in [0.25, 0.3) is 16.9 Å². The lowest BCUT2D eigenvalue weighted by Crippen LogP contribution is -2.16. The largest absolute Gasteiger partial charge is 0.433 e. The first kappa shape index (κ1) is 22.3. The zero-order valence-electron chi connectivity index (χ0n) is 15.5. The smallest absolute Gasteiger partial charge is 0.318 e. The van der Waals surface area contributed by atoms with Crippen molar-refractivity contribution in [3.63, 3.8) is 0 Å². The first-order valence-corrected chi connectivity index (χ1v) is 10.3. The molecule has 2 heterocycles. The summed E-state index contributed by atoms with van der Waals surface area (Å²) in [6.45, 7) is 0. The Hall–Kier alpha value is -2.86. The Kier molecular flexibility index (Phi) is 5.76. The van der Waals surface area contributed by atoms with Gasteiger partial charge in [0, 0.05) is 16.1 Å². The summed E-state index contributed by atoms with van der Waals surface area (Å²) in [5.74, 6) is -2.91. The molecule has 32 heavy (non-hydrogen) atoms. The molecule has 1 amide bonds. The molecule has 1 N–H and O–H groups in total. The highest BCUT2D eigenvalue weighted by atomic mass is 79.9. The van der Waals surface area contributed by atoms with Gasteiger partial charge in [-0.2, -0.15) is 18.3 Å². The van der Waals surface area contributed by atoms with Crippen molar-refractivity contribution in [3.8, 4) is 11.3 Å². The standard InChI is InChI=1S/C20H9Br2F5N4O/c21-10-3-1-9(2-4-10)14-8-15(20(25,26)27)31-18(28-14)16(22)17(30-31)19(32)29-13-6-5-11(23)7-12(13)24/h1-8H,(H,29,32). The second-order valence-electron chi connectivity index (χ2n) is 6.51. The topological polar surface area (TPSA) is 59.3 Å². The molecule has 0 unspecified atom stereocenters. The monoisotopic (exact) mass is 574 g/mol. The van der Waals surface area contributed by atoms with Gasteiger partial charge in [-0.1, -0.05) is 28.1 Å². The van der Waals surface area contributed by atoms with E-state index in [-0.39, 0.29) is 21.5 Å². The van der Waals surface area contributed by atoms with Crippen molar-refractivity contribution < 1.29 is 26.7 Å². The molecule has 4 rings (SSSR count). The molecule has 0 radical (unpaired) electrons. The number of nitrogens with zero attached hydrogens (tertiary/aromatic N) is 3. The van der Waals surface area contributed by atoms with E-state index in [1.54, 1.807) is 24.3 Å². The number of hydrogen-bond donors (Lipinski definition) is 1. The summed E-state index contributed by atoms with van der Waals surface area (Å²) in [4.78, 5) is 16.8. The number of amides is 1. The Bertz CT molecular complexity index is 1350. The number of alkyl halides is 3. The Morgan fingerprint density at radius 1 is 1.00 bits per heavy atom. The van der Waals surface area contributed by atoms with Crippen LogP contribution < -0.4 is 5.32 Å². The third-order valence-electron chi connectivity index (χ3n) is 4.36. The third kappa shape index (κ3) is 4.24. The van der Waals surface area contributed by atoms with Crippen molar-refractivity contribution in [3.05, 3.63) is 80.5 Å². The predicted molar refractivity (Wildman–Crippen MR) is 113 cm³/mol. The van der Waals surface area contributed by atoms with E-state index in [9.17, 15) is 26.7 Å². The van der Waals surface area contributed by atoms with Gasteiger partial charge in [-0.05, 0) is 46.3 Å². The number of rotatable bonds is 3. The number of aromatic nitrogens is 3. The number of carbonyl (C=O) groups excluding carboxylic acids is 1. The van der Waals surface area contributed by atoms with Crippen LogP contribution in [0.3, 0.4) is 0 Å². The fourth-order valence-electron chi connectivity index (χ4n) is 2.88. The Morgan fingerprint density at radius 3 is 2.31 bits per heavy atom. The van der Waals surface area contributed by atoms with Gasteiger partial charge < -0.3 is 5.32 Å². The SMILES string of the molecule is O=C(Nc1ccc(F)cc1F)c1nn2c(C(F)(F)F)cc(-c3ccc(Br)cc3)nc2c1Br. The van der Waals surface area contributed by atoms with Gasteiger partial charge in [0.05, 0.1) is 15.9 Å². The molecule has 0 spiro atoms. The van der Waals surface area contributed by atoms with Crippen LogP contribution in [0.4, 0.5) is 27.6 Å². The van der Waals surface area contributed by atoms with Crippen LogP contribution in [0.5, 0.6) is 0 Å². The third-order valence-corrected chi connectivity index (χ3v) is 5.62. The minimum absolute atomic E-state index is 0.00876. The van der Waals surface area contributed by atoms with Gasteiger partial charge in [0.2, 0.25) is 0 Å². The maximum atomic E-state index is 13.9. The molecule has 164 valence electrons. The van der Waals surface area contributed by atoms with Crippen molar-refractivity contribution >= 4 is 49.1 Å². The molecule has 0 atom stereocenters. The van der Waals surface area contributed by atoms with Gasteiger partial charge in [0.15, 0.2) is 17.0 Å². The van der Waals surface area contributed by atoms with Gasteiger partial charge in [0.1, 0.15) is 11.6 Å². The summed E-state index contributed by atoms with van der Waals surface area (Å²) < 4.78 is 69.3. The predicted octanol–water partition coefficient (Wildman–Crippen LogP) is 6.47. The molecule has 0 aliphatic carbocycles. The molecule has 4 aromatic rings. The van der Waals surface area contributed by atoms with Crippen LogP contribution in [-0.4, -0.2) is 20.5 Å². The summed E-state index contributed by atoms with van der Waals surface area (Å²) in [5.41, 5.74) is -1.82. The Labute approximate surface area is 193 Å². The molecule has 0 saturated heterocycles. The van der Waals surface area contributed by atoms with Crippen molar-refractivity contribution in [1.29, 1.82) is 0 Å². The summed E-state index contributed by atoms with van der Waals surface area (Å²) in [7, 11) is 0. The van der Waals surface area contributed by atoms with E-state index in [2.05, 4.69) is 47.3 Å². The first-order valence-electron chi connectivity index (χ1n) is 8.73. The fourth-order valence-corrected chi connectivity index (χ4v) is 3.66. The number of halogens is 7. The number of benzene rings is 2. The maximum absolute atomic E-state index is 13.9. The zero-order chi connectivity index (χ0) is 23.2. The van der Waals surface area contributed by atoms with Crippen LogP contribution in [0.1, 0.15) is 16.2 Å². The van der Waals surface area contributed by atoms with Crippen LogP contribution in [0, 0.1) is 11.6 Å². The lowest BCUT2D eigenvalue weighted by Gasteiger charge is -2.11. The van der Waals surface area contributed by atoms with E-state index in [4.69, 9.17) is 0 Å². The van der Waals surface area contributed by atoms with E-state index in [0.29, 0.717) is 16.1 Å². The number of anilines is 1. The Morgan fingerprint density at radius 2 is 1.69 bits per heavy atom. The molecule has 2 aromatic heterocycles. The normalized spacial score (nSPS) is 11.7. The van der Waals surface area contributed by atoms with Crippen LogP contribution in [0.15, 0.2) is 57.5 Å². The minimum Gasteiger partial charge on any atom is -0.318 e. The lowest BCUT2D eigenvalue weighted by molar-refractivity contribution is -0.142. The average Bonchev–Trinajstić information content (AvgIpc) is 3.06. The number of hydrogen-bond acceptors (Lipinski definition) is 3. The summed E-state index contributed by atoms with van der Waals surface area (Å²) in [6.07, 6.45) is -4.81. The molecule has 2 aromatic carbocycles. The van der Waals surface area contributed by atoms with Gasteiger partial charge in [-0.15, -0.1) is 0 Å². The van der Waals surface area contributed by atoms with Crippen molar-refractivity contribution in [2.75, 3.05) is 5.32 Å². The molecule has 0 aliphatic rings. The van der Waals surface area contributed by atoms with Gasteiger partial charge >= 0.3 is 6.18 Å². The molecule has 0 aliphatic heterocycles. The van der Waals surface area contributed by atoms with Crippen LogP contribution >= 0.6 is 31.9 Å². The molecule has 0 fully saturated rings. The highest BCUT2D eigenvalue weighted by Gasteiger charge is 2.36. The van der Waals surface area contributed by atoms with E-state index in [1.165, 1.54) is 0 Å². The zero-order valence-corrected chi connectivity index (χ0v) is 18.7. The van der Waals surface area contributed by atoms with Gasteiger partial charge in [0.25, 0.3) is 5.91 Å².